The Balaban J connectivity index is 2.56. The van der Waals surface area contributed by atoms with Gasteiger partial charge in [-0.15, -0.1) is 0 Å². The van der Waals surface area contributed by atoms with Crippen molar-refractivity contribution in [3.8, 4) is 5.75 Å². The summed E-state index contributed by atoms with van der Waals surface area (Å²) in [4.78, 5) is 21.5. The van der Waals surface area contributed by atoms with Crippen molar-refractivity contribution < 1.29 is 19.1 Å². The Hall–Kier alpha value is -2.04. The third kappa shape index (κ3) is 5.01. The van der Waals surface area contributed by atoms with Crippen LogP contribution in [0.15, 0.2) is 24.3 Å². The molecule has 0 aromatic heterocycles. The van der Waals surface area contributed by atoms with Gasteiger partial charge in [0.25, 0.3) is 0 Å². The van der Waals surface area contributed by atoms with Crippen LogP contribution in [0.1, 0.15) is 20.8 Å². The van der Waals surface area contributed by atoms with Gasteiger partial charge in [-0.2, -0.15) is 0 Å². The van der Waals surface area contributed by atoms with Gasteiger partial charge in [-0.25, -0.2) is 0 Å². The third-order valence-electron chi connectivity index (χ3n) is 1.81. The van der Waals surface area contributed by atoms with E-state index in [1.807, 2.05) is 0 Å². The highest BCUT2D eigenvalue weighted by molar-refractivity contribution is 5.88. The predicted octanol–water partition coefficient (Wildman–Crippen LogP) is 1.93. The van der Waals surface area contributed by atoms with Gasteiger partial charge in [0.15, 0.2) is 0 Å². The van der Waals surface area contributed by atoms with Crippen LogP contribution in [0.4, 0.5) is 5.69 Å². The molecular weight excluding hydrogens is 222 g/mol. The third-order valence-corrected chi connectivity index (χ3v) is 1.81. The number of carbonyl (C=O) groups is 2. The molecule has 1 amide bonds. The fourth-order valence-electron chi connectivity index (χ4n) is 1.27. The van der Waals surface area contributed by atoms with Crippen LogP contribution in [0.25, 0.3) is 0 Å². The minimum Gasteiger partial charge on any atom is -0.455 e. The van der Waals surface area contributed by atoms with Crippen molar-refractivity contribution in [2.45, 2.75) is 27.1 Å². The lowest BCUT2D eigenvalue weighted by molar-refractivity contribution is -0.158. The van der Waals surface area contributed by atoms with Crippen LogP contribution >= 0.6 is 0 Å². The molecule has 0 fully saturated rings. The number of rotatable bonds is 4. The van der Waals surface area contributed by atoms with Crippen molar-refractivity contribution >= 4 is 17.6 Å². The molecule has 1 atom stereocenters. The summed E-state index contributed by atoms with van der Waals surface area (Å²) in [6, 6.07) is 6.78. The fraction of sp³-hybridized carbons (Fsp3) is 0.333. The molecular formula is C12H15NO4. The smallest absolute Gasteiger partial charge is 0.305 e. The van der Waals surface area contributed by atoms with Crippen LogP contribution in [0, 0.1) is 0 Å². The summed E-state index contributed by atoms with van der Waals surface area (Å²) >= 11 is 0. The molecule has 0 heterocycles. The Morgan fingerprint density at radius 1 is 1.18 bits per heavy atom. The van der Waals surface area contributed by atoms with Crippen molar-refractivity contribution in [1.29, 1.82) is 0 Å². The molecule has 1 aromatic rings. The van der Waals surface area contributed by atoms with E-state index in [2.05, 4.69) is 5.32 Å². The second-order valence-corrected chi connectivity index (χ2v) is 3.50. The zero-order valence-electron chi connectivity index (χ0n) is 10.0. The van der Waals surface area contributed by atoms with Gasteiger partial charge < -0.3 is 14.8 Å². The topological polar surface area (TPSA) is 64.6 Å². The highest BCUT2D eigenvalue weighted by atomic mass is 16.7. The summed E-state index contributed by atoms with van der Waals surface area (Å²) in [6.07, 6.45) is -0.640. The van der Waals surface area contributed by atoms with Crippen molar-refractivity contribution in [3.63, 3.8) is 0 Å². The molecule has 0 aliphatic rings. The second kappa shape index (κ2) is 5.89. The zero-order chi connectivity index (χ0) is 12.8. The summed E-state index contributed by atoms with van der Waals surface area (Å²) in [5.74, 6) is 0.0344. The maximum atomic E-state index is 10.8. The standard InChI is InChI=1S/C12H15NO4/c1-8(14)13-11-4-6-12(7-5-11)17-10(3)16-9(2)15/h4-7,10H,1-3H3,(H,13,14). The highest BCUT2D eigenvalue weighted by Crippen LogP contribution is 2.17. The predicted molar refractivity (Wildman–Crippen MR) is 62.6 cm³/mol. The summed E-state index contributed by atoms with van der Waals surface area (Å²) in [5, 5.41) is 2.64. The molecule has 0 spiro atoms. The van der Waals surface area contributed by atoms with Gasteiger partial charge >= 0.3 is 5.97 Å². The molecule has 92 valence electrons. The van der Waals surface area contributed by atoms with Gasteiger partial charge in [0, 0.05) is 26.5 Å². The van der Waals surface area contributed by atoms with Crippen molar-refractivity contribution in [2.75, 3.05) is 5.32 Å². The van der Waals surface area contributed by atoms with Gasteiger partial charge in [-0.05, 0) is 24.3 Å². The second-order valence-electron chi connectivity index (χ2n) is 3.50. The maximum Gasteiger partial charge on any atom is 0.305 e. The summed E-state index contributed by atoms with van der Waals surface area (Å²) in [6.45, 7) is 4.38. The van der Waals surface area contributed by atoms with Gasteiger partial charge in [0.1, 0.15) is 5.75 Å². The number of nitrogens with one attached hydrogen (secondary N) is 1. The van der Waals surface area contributed by atoms with Gasteiger partial charge in [0.2, 0.25) is 12.2 Å². The minimum atomic E-state index is -0.640. The molecule has 0 bridgehead atoms. The lowest BCUT2D eigenvalue weighted by atomic mass is 10.3. The van der Waals surface area contributed by atoms with Crippen LogP contribution in [-0.4, -0.2) is 18.2 Å². The minimum absolute atomic E-state index is 0.132. The summed E-state index contributed by atoms with van der Waals surface area (Å²) < 4.78 is 10.1. The molecule has 5 heteroatoms. The number of benzene rings is 1. The Morgan fingerprint density at radius 2 is 1.76 bits per heavy atom. The fourth-order valence-corrected chi connectivity index (χ4v) is 1.27. The molecule has 0 saturated heterocycles. The molecule has 1 N–H and O–H groups in total. The first-order chi connectivity index (χ1) is 7.97. The van der Waals surface area contributed by atoms with E-state index < -0.39 is 12.3 Å². The Labute approximate surface area is 99.7 Å². The van der Waals surface area contributed by atoms with Gasteiger partial charge in [0.05, 0.1) is 0 Å². The molecule has 5 nitrogen and oxygen atoms in total. The Kier molecular flexibility index (Phi) is 4.51. The monoisotopic (exact) mass is 237 g/mol. The van der Waals surface area contributed by atoms with Crippen LogP contribution in [0.2, 0.25) is 0 Å². The first-order valence-electron chi connectivity index (χ1n) is 5.19. The number of carbonyl (C=O) groups excluding carboxylic acids is 2. The molecule has 1 aromatic carbocycles. The summed E-state index contributed by atoms with van der Waals surface area (Å²) in [5.41, 5.74) is 0.685. The average molecular weight is 237 g/mol. The first kappa shape index (κ1) is 13.0. The lowest BCUT2D eigenvalue weighted by Crippen LogP contribution is -2.18. The van der Waals surface area contributed by atoms with Crippen LogP contribution in [0.5, 0.6) is 5.75 Å². The average Bonchev–Trinajstić information content (AvgIpc) is 2.18. The number of anilines is 1. The van der Waals surface area contributed by atoms with Crippen LogP contribution in [-0.2, 0) is 14.3 Å². The quantitative estimate of drug-likeness (QED) is 0.642. The normalized spacial score (nSPS) is 11.5. The van der Waals surface area contributed by atoms with Crippen molar-refractivity contribution in [1.82, 2.24) is 0 Å². The first-order valence-corrected chi connectivity index (χ1v) is 5.19. The van der Waals surface area contributed by atoms with E-state index in [4.69, 9.17) is 9.47 Å². The van der Waals surface area contributed by atoms with E-state index >= 15 is 0 Å². The van der Waals surface area contributed by atoms with Crippen LogP contribution < -0.4 is 10.1 Å². The summed E-state index contributed by atoms with van der Waals surface area (Å²) in [7, 11) is 0. The van der Waals surface area contributed by atoms with E-state index in [9.17, 15) is 9.59 Å². The van der Waals surface area contributed by atoms with Crippen LogP contribution in [0.3, 0.4) is 0 Å². The van der Waals surface area contributed by atoms with E-state index in [1.54, 1.807) is 31.2 Å². The van der Waals surface area contributed by atoms with E-state index in [1.165, 1.54) is 13.8 Å². The molecule has 1 unspecified atom stereocenters. The lowest BCUT2D eigenvalue weighted by Gasteiger charge is -2.14. The van der Waals surface area contributed by atoms with Gasteiger partial charge in [-0.3, -0.25) is 9.59 Å². The number of hydrogen-bond donors (Lipinski definition) is 1. The van der Waals surface area contributed by atoms with E-state index in [-0.39, 0.29) is 5.91 Å². The maximum absolute atomic E-state index is 10.8. The Morgan fingerprint density at radius 3 is 2.24 bits per heavy atom. The molecule has 0 aliphatic heterocycles. The Bertz CT molecular complexity index is 399. The molecule has 0 saturated carbocycles. The molecule has 0 aliphatic carbocycles. The van der Waals surface area contributed by atoms with E-state index in [0.29, 0.717) is 11.4 Å². The van der Waals surface area contributed by atoms with Gasteiger partial charge in [-0.1, -0.05) is 0 Å². The SMILES string of the molecule is CC(=O)Nc1ccc(OC(C)OC(C)=O)cc1. The van der Waals surface area contributed by atoms with Crippen molar-refractivity contribution in [3.05, 3.63) is 24.3 Å². The van der Waals surface area contributed by atoms with Crippen molar-refractivity contribution in [2.24, 2.45) is 0 Å². The molecule has 1 rings (SSSR count). The molecule has 0 radical (unpaired) electrons. The highest BCUT2D eigenvalue weighted by Gasteiger charge is 2.06. The number of hydrogen-bond acceptors (Lipinski definition) is 4. The largest absolute Gasteiger partial charge is 0.455 e. The zero-order valence-corrected chi connectivity index (χ0v) is 10.0. The number of amides is 1. The number of ether oxygens (including phenoxy) is 2. The number of esters is 1. The molecule has 17 heavy (non-hydrogen) atoms. The van der Waals surface area contributed by atoms with E-state index in [0.717, 1.165) is 0 Å².